The Balaban J connectivity index is 1.97. The second-order valence-corrected chi connectivity index (χ2v) is 11.2. The van der Waals surface area contributed by atoms with Crippen molar-refractivity contribution in [2.24, 2.45) is 0 Å². The van der Waals surface area contributed by atoms with Gasteiger partial charge in [0.05, 0.1) is 22.2 Å². The van der Waals surface area contributed by atoms with Crippen LogP contribution in [0, 0.1) is 13.8 Å². The van der Waals surface area contributed by atoms with Crippen LogP contribution in [0.25, 0.3) is 10.2 Å². The van der Waals surface area contributed by atoms with Gasteiger partial charge in [-0.3, -0.25) is 18.5 Å². The summed E-state index contributed by atoms with van der Waals surface area (Å²) in [4.78, 5) is 25.5. The molecule has 0 spiro atoms. The smallest absolute Gasteiger partial charge is 0.308 e. The molecular formula is C23H29N3O4S2. The molecule has 0 aliphatic rings. The van der Waals surface area contributed by atoms with Crippen molar-refractivity contribution in [1.29, 1.82) is 0 Å². The number of anilines is 2. The largest absolute Gasteiger partial charge is 0.324 e. The number of nitrogens with zero attached hydrogens (tertiary/aromatic N) is 2. The minimum Gasteiger partial charge on any atom is -0.324 e. The molecule has 0 unspecified atom stereocenters. The van der Waals surface area contributed by atoms with Crippen molar-refractivity contribution in [3.05, 3.63) is 57.2 Å². The van der Waals surface area contributed by atoms with E-state index in [1.165, 1.54) is 4.31 Å². The van der Waals surface area contributed by atoms with Gasteiger partial charge in [0.1, 0.15) is 6.04 Å². The van der Waals surface area contributed by atoms with Gasteiger partial charge in [-0.15, -0.1) is 0 Å². The van der Waals surface area contributed by atoms with Crippen LogP contribution in [0.2, 0.25) is 0 Å². The highest BCUT2D eigenvalue weighted by Gasteiger charge is 2.32. The lowest BCUT2D eigenvalue weighted by Crippen LogP contribution is -2.47. The number of fused-ring (bicyclic) bond motifs is 1. The molecule has 3 aromatic rings. The molecule has 0 fully saturated rings. The van der Waals surface area contributed by atoms with Gasteiger partial charge in [0.2, 0.25) is 15.9 Å². The number of nitrogens with one attached hydrogen (secondary N) is 1. The summed E-state index contributed by atoms with van der Waals surface area (Å²) in [5.74, 6) is -0.424. The van der Waals surface area contributed by atoms with Crippen molar-refractivity contribution in [2.75, 3.05) is 15.9 Å². The molecule has 0 aliphatic heterocycles. The van der Waals surface area contributed by atoms with E-state index in [0.29, 0.717) is 17.8 Å². The molecule has 1 heterocycles. The molecule has 0 radical (unpaired) electrons. The minimum atomic E-state index is -3.72. The molecule has 3 rings (SSSR count). The first-order valence-electron chi connectivity index (χ1n) is 10.5. The summed E-state index contributed by atoms with van der Waals surface area (Å²) in [6.45, 7) is 9.45. The fourth-order valence-corrected chi connectivity index (χ4v) is 6.21. The van der Waals surface area contributed by atoms with Crippen LogP contribution in [0.4, 0.5) is 11.4 Å². The lowest BCUT2D eigenvalue weighted by Gasteiger charge is -2.30. The van der Waals surface area contributed by atoms with E-state index < -0.39 is 22.0 Å². The summed E-state index contributed by atoms with van der Waals surface area (Å²) in [6, 6.07) is 9.90. The number of sulfonamides is 1. The van der Waals surface area contributed by atoms with Gasteiger partial charge in [0.15, 0.2) is 0 Å². The Morgan fingerprint density at radius 2 is 1.75 bits per heavy atom. The highest BCUT2D eigenvalue weighted by atomic mass is 32.2. The first-order chi connectivity index (χ1) is 14.9. The number of hydrogen-bond acceptors (Lipinski definition) is 5. The van der Waals surface area contributed by atoms with Gasteiger partial charge < -0.3 is 5.32 Å². The number of hydrogen-bond donors (Lipinski definition) is 1. The lowest BCUT2D eigenvalue weighted by molar-refractivity contribution is -0.117. The van der Waals surface area contributed by atoms with Gasteiger partial charge in [-0.2, -0.15) is 0 Å². The number of aryl methyl sites for hydroxylation is 2. The maximum Gasteiger partial charge on any atom is 0.308 e. The molecule has 0 saturated heterocycles. The number of carbonyl (C=O) groups excluding carboxylic acids is 1. The van der Waals surface area contributed by atoms with Crippen LogP contribution in [0.3, 0.4) is 0 Å². The summed E-state index contributed by atoms with van der Waals surface area (Å²) in [5.41, 5.74) is 3.63. The van der Waals surface area contributed by atoms with Crippen LogP contribution in [-0.2, 0) is 14.8 Å². The summed E-state index contributed by atoms with van der Waals surface area (Å²) in [5, 5.41) is 2.84. The van der Waals surface area contributed by atoms with Crippen LogP contribution >= 0.6 is 11.3 Å². The Bertz CT molecular complexity index is 1300. The summed E-state index contributed by atoms with van der Waals surface area (Å²) >= 11 is 1.12. The molecule has 0 bridgehead atoms. The third-order valence-electron chi connectivity index (χ3n) is 5.19. The summed E-state index contributed by atoms with van der Waals surface area (Å²) in [6.07, 6.45) is 1.41. The molecule has 0 aliphatic carbocycles. The van der Waals surface area contributed by atoms with Gasteiger partial charge in [-0.05, 0) is 75.6 Å². The molecule has 32 heavy (non-hydrogen) atoms. The zero-order valence-electron chi connectivity index (χ0n) is 19.2. The van der Waals surface area contributed by atoms with Crippen LogP contribution in [0.1, 0.15) is 44.4 Å². The molecule has 1 amide bonds. The summed E-state index contributed by atoms with van der Waals surface area (Å²) < 4.78 is 29.1. The van der Waals surface area contributed by atoms with Crippen molar-refractivity contribution in [1.82, 2.24) is 4.57 Å². The standard InChI is InChI=1S/C23H29N3O4S2/c1-7-19(26(32(6,29)30)18-11-15(4)10-16(5)12-18)22(27)24-17-8-9-20-21(13-17)31-23(28)25(20)14(2)3/h8-14,19H,7H2,1-6H3,(H,24,27)/t19-/m1/s1. The van der Waals surface area contributed by atoms with E-state index in [-0.39, 0.29) is 10.9 Å². The van der Waals surface area contributed by atoms with Gasteiger partial charge in [-0.25, -0.2) is 8.42 Å². The van der Waals surface area contributed by atoms with E-state index in [1.807, 2.05) is 39.8 Å². The Morgan fingerprint density at radius 3 is 2.28 bits per heavy atom. The highest BCUT2D eigenvalue weighted by Crippen LogP contribution is 2.27. The van der Waals surface area contributed by atoms with Gasteiger partial charge in [0.25, 0.3) is 0 Å². The van der Waals surface area contributed by atoms with Crippen molar-refractivity contribution in [3.63, 3.8) is 0 Å². The zero-order valence-corrected chi connectivity index (χ0v) is 20.8. The van der Waals surface area contributed by atoms with Gasteiger partial charge in [-0.1, -0.05) is 24.3 Å². The molecule has 2 aromatic carbocycles. The van der Waals surface area contributed by atoms with E-state index >= 15 is 0 Å². The van der Waals surface area contributed by atoms with E-state index in [0.717, 1.165) is 38.9 Å². The quantitative estimate of drug-likeness (QED) is 0.547. The molecule has 172 valence electrons. The van der Waals surface area contributed by atoms with Crippen molar-refractivity contribution in [3.8, 4) is 0 Å². The number of rotatable bonds is 7. The van der Waals surface area contributed by atoms with Crippen molar-refractivity contribution < 1.29 is 13.2 Å². The summed E-state index contributed by atoms with van der Waals surface area (Å²) in [7, 11) is -3.72. The van der Waals surface area contributed by atoms with Crippen LogP contribution < -0.4 is 14.5 Å². The number of aromatic nitrogens is 1. The Labute approximate surface area is 192 Å². The molecule has 7 nitrogen and oxygen atoms in total. The van der Waals surface area contributed by atoms with E-state index in [2.05, 4.69) is 5.32 Å². The number of carbonyl (C=O) groups is 1. The molecule has 1 atom stereocenters. The van der Waals surface area contributed by atoms with E-state index in [4.69, 9.17) is 0 Å². The second kappa shape index (κ2) is 9.07. The van der Waals surface area contributed by atoms with Gasteiger partial charge >= 0.3 is 4.87 Å². The normalized spacial score (nSPS) is 12.8. The van der Waals surface area contributed by atoms with Crippen molar-refractivity contribution in [2.45, 2.75) is 53.1 Å². The second-order valence-electron chi connectivity index (χ2n) is 8.33. The average molecular weight is 476 g/mol. The van der Waals surface area contributed by atoms with Crippen LogP contribution in [0.5, 0.6) is 0 Å². The average Bonchev–Trinajstić information content (AvgIpc) is 2.98. The first-order valence-corrected chi connectivity index (χ1v) is 13.1. The fraction of sp³-hybridized carbons (Fsp3) is 0.391. The Morgan fingerprint density at radius 1 is 1.12 bits per heavy atom. The van der Waals surface area contributed by atoms with Crippen LogP contribution in [0.15, 0.2) is 41.2 Å². The SMILES string of the molecule is CC[C@H](C(=O)Nc1ccc2c(c1)sc(=O)n2C(C)C)N(c1cc(C)cc(C)c1)S(C)(=O)=O. The number of amides is 1. The minimum absolute atomic E-state index is 0.0299. The van der Waals surface area contributed by atoms with Crippen LogP contribution in [-0.4, -0.2) is 31.2 Å². The fourth-order valence-electron chi connectivity index (χ4n) is 3.97. The van der Waals surface area contributed by atoms with E-state index in [9.17, 15) is 18.0 Å². The molecule has 0 saturated carbocycles. The monoisotopic (exact) mass is 475 g/mol. The Hall–Kier alpha value is -2.65. The molecular weight excluding hydrogens is 446 g/mol. The third-order valence-corrected chi connectivity index (χ3v) is 7.29. The number of thiazole rings is 1. The highest BCUT2D eigenvalue weighted by molar-refractivity contribution is 7.92. The zero-order chi connectivity index (χ0) is 23.8. The predicted octanol–water partition coefficient (Wildman–Crippen LogP) is 4.44. The maximum absolute atomic E-state index is 13.2. The first kappa shape index (κ1) is 24.0. The Kier molecular flexibility index (Phi) is 6.80. The topological polar surface area (TPSA) is 88.5 Å². The van der Waals surface area contributed by atoms with Crippen molar-refractivity contribution >= 4 is 48.9 Å². The molecule has 1 aromatic heterocycles. The van der Waals surface area contributed by atoms with E-state index in [1.54, 1.807) is 35.8 Å². The third kappa shape index (κ3) is 4.88. The molecule has 1 N–H and O–H groups in total. The predicted molar refractivity (Wildman–Crippen MR) is 132 cm³/mol. The number of benzene rings is 2. The van der Waals surface area contributed by atoms with Gasteiger partial charge in [0, 0.05) is 11.7 Å². The lowest BCUT2D eigenvalue weighted by atomic mass is 10.1. The molecule has 9 heteroatoms. The maximum atomic E-state index is 13.2.